The van der Waals surface area contributed by atoms with Crippen LogP contribution in [0.1, 0.15) is 90.2 Å². The van der Waals surface area contributed by atoms with Gasteiger partial charge in [-0.2, -0.15) is 0 Å². The molecule has 0 aliphatic rings. The molecule has 3 aromatic heterocycles. The van der Waals surface area contributed by atoms with E-state index in [0.717, 1.165) is 77.7 Å². The highest BCUT2D eigenvalue weighted by Crippen LogP contribution is 2.46. The molecular formula is C77H58O16S3. The number of hydrogen-bond acceptors (Lipinski definition) is 16. The summed E-state index contributed by atoms with van der Waals surface area (Å²) in [4.78, 5) is 74.3. The van der Waals surface area contributed by atoms with Gasteiger partial charge in [0.1, 0.15) is 40.2 Å². The quantitative estimate of drug-likeness (QED) is 0.0337. The number of phenols is 7. The lowest BCUT2D eigenvalue weighted by atomic mass is 9.94. The van der Waals surface area contributed by atoms with Crippen LogP contribution in [0.25, 0.3) is 81.9 Å². The van der Waals surface area contributed by atoms with Crippen LogP contribution in [0, 0.1) is 34.6 Å². The Morgan fingerprint density at radius 1 is 0.312 bits per heavy atom. The minimum Gasteiger partial charge on any atom is -0.508 e. The zero-order chi connectivity index (χ0) is 69.0. The molecule has 12 rings (SSSR count). The predicted molar refractivity (Wildman–Crippen MR) is 377 cm³/mol. The molecule has 0 spiro atoms. The number of aliphatic carboxylic acids is 3. The molecule has 0 atom stereocenters. The topological polar surface area (TPSA) is 305 Å². The molecule has 0 fully saturated rings. The number of carboxylic acid groups (broad SMARTS) is 3. The molecule has 16 nitrogen and oxygen atoms in total. The van der Waals surface area contributed by atoms with Crippen molar-refractivity contribution in [3.8, 4) is 73.6 Å². The van der Waals surface area contributed by atoms with Crippen LogP contribution in [-0.2, 0) is 14.4 Å². The first-order chi connectivity index (χ1) is 45.7. The third-order valence-electron chi connectivity index (χ3n) is 15.4. The molecule has 0 bridgehead atoms. The van der Waals surface area contributed by atoms with Gasteiger partial charge < -0.3 is 51.1 Å². The molecule has 480 valence electrons. The smallest absolute Gasteiger partial charge is 0.328 e. The predicted octanol–water partition coefficient (Wildman–Crippen LogP) is 17.2. The number of carbonyl (C=O) groups excluding carboxylic acids is 3. The molecule has 19 heteroatoms. The number of aromatic hydroxyl groups is 7. The first kappa shape index (κ1) is 67.0. The van der Waals surface area contributed by atoms with Crippen molar-refractivity contribution in [2.75, 3.05) is 0 Å². The minimum atomic E-state index is -1.05. The molecule has 0 radical (unpaired) electrons. The molecule has 0 aliphatic carbocycles. The second kappa shape index (κ2) is 28.1. The highest BCUT2D eigenvalue weighted by atomic mass is 32.1. The molecule has 10 N–H and O–H groups in total. The van der Waals surface area contributed by atoms with Gasteiger partial charge in [0.2, 0.25) is 17.3 Å². The molecule has 0 unspecified atom stereocenters. The lowest BCUT2D eigenvalue weighted by Crippen LogP contribution is -2.04. The lowest BCUT2D eigenvalue weighted by Gasteiger charge is -2.10. The van der Waals surface area contributed by atoms with E-state index in [0.29, 0.717) is 69.4 Å². The van der Waals surface area contributed by atoms with Crippen molar-refractivity contribution in [3.63, 3.8) is 0 Å². The van der Waals surface area contributed by atoms with Crippen LogP contribution in [0.3, 0.4) is 0 Å². The normalized spacial score (nSPS) is 11.3. The van der Waals surface area contributed by atoms with E-state index in [9.17, 15) is 64.5 Å². The van der Waals surface area contributed by atoms with Gasteiger partial charge in [0.25, 0.3) is 0 Å². The summed E-state index contributed by atoms with van der Waals surface area (Å²) in [7, 11) is 0. The molecule has 9 aromatic carbocycles. The van der Waals surface area contributed by atoms with E-state index in [-0.39, 0.29) is 68.5 Å². The van der Waals surface area contributed by atoms with E-state index in [1.807, 2.05) is 50.2 Å². The fourth-order valence-corrected chi connectivity index (χ4v) is 14.9. The Kier molecular flexibility index (Phi) is 19.6. The molecule has 0 saturated carbocycles. The number of thiophene rings is 3. The SMILES string of the molecule is Cc1cc(C)c(C(=O)c2sc3cc(O)ccc3c2-c2ccc(/C=C/C(=O)O)cc2)c(O)c1.Cc1cc(C)c(C(=O)c2sc3cc(O)ccc3c2-c2ccc(/C=C/C(=O)O)cc2)c(O)c1.Cc1cc(O)cc(O)c1C(=O)c1sc2cc(O)ccc2c1-c1ccc(/C=C/C(=O)O)cc1. The zero-order valence-corrected chi connectivity index (χ0v) is 54.1. The van der Waals surface area contributed by atoms with Gasteiger partial charge in [0.15, 0.2) is 0 Å². The number of rotatable bonds is 15. The van der Waals surface area contributed by atoms with Gasteiger partial charge in [-0.1, -0.05) is 84.9 Å². The average Bonchev–Trinajstić information content (AvgIpc) is 1.61. The molecular weight excluding hydrogens is 1280 g/mol. The van der Waals surface area contributed by atoms with Crippen molar-refractivity contribution >= 4 is 118 Å². The van der Waals surface area contributed by atoms with Crippen LogP contribution >= 0.6 is 34.0 Å². The van der Waals surface area contributed by atoms with Crippen molar-refractivity contribution < 1.29 is 79.8 Å². The van der Waals surface area contributed by atoms with Crippen LogP contribution in [0.5, 0.6) is 40.2 Å². The summed E-state index contributed by atoms with van der Waals surface area (Å²) in [6.07, 6.45) is 7.64. The van der Waals surface area contributed by atoms with Crippen molar-refractivity contribution in [2.24, 2.45) is 0 Å². The summed E-state index contributed by atoms with van der Waals surface area (Å²) in [5, 5.41) is 99.7. The number of ketones is 3. The standard InChI is InChI=1S/2C26H20O5S.C25H18O6S/c2*1-14-11-15(2)23(20(28)12-14)25(31)26-24(19-9-8-18(27)13-21(19)32-26)17-6-3-16(4-7-17)5-10-22(29)30;1-13-10-17(27)11-19(28)22(13)24(31)25-23(18-8-7-16(26)12-20(18)32-25)15-5-2-14(3-6-15)4-9-21(29)30/h2*3-13,27-28H,1-2H3,(H,29,30);2-12,26-28H,1H3,(H,29,30)/b2*10-5+;9-4+. The van der Waals surface area contributed by atoms with E-state index in [1.165, 1.54) is 58.3 Å². The van der Waals surface area contributed by atoms with Crippen LogP contribution in [0.4, 0.5) is 0 Å². The van der Waals surface area contributed by atoms with Gasteiger partial charge in [-0.15, -0.1) is 34.0 Å². The molecule has 0 aliphatic heterocycles. The van der Waals surface area contributed by atoms with Crippen molar-refractivity contribution in [2.45, 2.75) is 34.6 Å². The van der Waals surface area contributed by atoms with Gasteiger partial charge in [0.05, 0.1) is 31.3 Å². The Bertz CT molecular complexity index is 4630. The van der Waals surface area contributed by atoms with Gasteiger partial charge in [-0.3, -0.25) is 14.4 Å². The fourth-order valence-electron chi connectivity index (χ4n) is 11.2. The van der Waals surface area contributed by atoms with E-state index >= 15 is 0 Å². The number of carbonyl (C=O) groups is 6. The molecule has 0 amide bonds. The molecule has 3 heterocycles. The third kappa shape index (κ3) is 14.6. The maximum atomic E-state index is 13.6. The summed E-state index contributed by atoms with van der Waals surface area (Å²) in [5.41, 5.74) is 10.6. The second-order valence-electron chi connectivity index (χ2n) is 22.4. The minimum absolute atomic E-state index is 0.0621. The monoisotopic (exact) mass is 1330 g/mol. The van der Waals surface area contributed by atoms with E-state index < -0.39 is 23.7 Å². The average molecular weight is 1340 g/mol. The van der Waals surface area contributed by atoms with E-state index in [4.69, 9.17) is 15.3 Å². The first-order valence-corrected chi connectivity index (χ1v) is 31.8. The Morgan fingerprint density at radius 2 is 0.583 bits per heavy atom. The third-order valence-corrected chi connectivity index (χ3v) is 18.8. The first-order valence-electron chi connectivity index (χ1n) is 29.3. The molecule has 0 saturated heterocycles. The Hall–Kier alpha value is -11.9. The summed E-state index contributed by atoms with van der Waals surface area (Å²) in [6, 6.07) is 45.7. The number of aryl methyl sites for hydroxylation is 5. The highest BCUT2D eigenvalue weighted by Gasteiger charge is 2.29. The zero-order valence-electron chi connectivity index (χ0n) is 51.7. The van der Waals surface area contributed by atoms with Crippen LogP contribution in [-0.4, -0.2) is 86.3 Å². The molecule has 96 heavy (non-hydrogen) atoms. The Labute approximate surface area is 560 Å². The maximum absolute atomic E-state index is 13.6. The van der Waals surface area contributed by atoms with Crippen molar-refractivity contribution in [1.29, 1.82) is 0 Å². The number of benzene rings is 9. The summed E-state index contributed by atoms with van der Waals surface area (Å²) < 4.78 is 2.21. The molecule has 12 aromatic rings. The van der Waals surface area contributed by atoms with Crippen molar-refractivity contribution in [1.82, 2.24) is 0 Å². The van der Waals surface area contributed by atoms with Gasteiger partial charge >= 0.3 is 17.9 Å². The number of phenolic OH excluding ortho intramolecular Hbond substituents is 7. The largest absolute Gasteiger partial charge is 0.508 e. The lowest BCUT2D eigenvalue weighted by molar-refractivity contribution is -0.132. The van der Waals surface area contributed by atoms with E-state index in [1.54, 1.807) is 136 Å². The Balaban J connectivity index is 0.000000157. The highest BCUT2D eigenvalue weighted by molar-refractivity contribution is 7.22. The number of fused-ring (bicyclic) bond motifs is 3. The van der Waals surface area contributed by atoms with Crippen LogP contribution in [0.2, 0.25) is 0 Å². The maximum Gasteiger partial charge on any atom is 0.328 e. The second-order valence-corrected chi connectivity index (χ2v) is 25.6. The van der Waals surface area contributed by atoms with Crippen molar-refractivity contribution in [3.05, 3.63) is 258 Å². The number of carboxylic acids is 3. The van der Waals surface area contributed by atoms with Crippen LogP contribution in [0.15, 0.2) is 182 Å². The van der Waals surface area contributed by atoms with Gasteiger partial charge in [-0.05, 0) is 187 Å². The summed E-state index contributed by atoms with van der Waals surface area (Å²) >= 11 is 3.73. The van der Waals surface area contributed by atoms with Crippen LogP contribution < -0.4 is 0 Å². The van der Waals surface area contributed by atoms with Gasteiger partial charge in [0, 0.05) is 71.2 Å². The fraction of sp³-hybridized carbons (Fsp3) is 0.0649. The van der Waals surface area contributed by atoms with E-state index in [2.05, 4.69) is 0 Å². The Morgan fingerprint density at radius 3 is 0.844 bits per heavy atom. The van der Waals surface area contributed by atoms with Gasteiger partial charge in [-0.25, -0.2) is 14.4 Å². The summed E-state index contributed by atoms with van der Waals surface area (Å²) in [5.74, 6) is -4.37. The summed E-state index contributed by atoms with van der Waals surface area (Å²) in [6.45, 7) is 8.93. The number of hydrogen-bond donors (Lipinski definition) is 10.